The molecule has 1 amide bonds. The molecule has 0 bridgehead atoms. The van der Waals surface area contributed by atoms with E-state index < -0.39 is 0 Å². The molecule has 1 atom stereocenters. The number of anilines is 1. The number of amides is 1. The summed E-state index contributed by atoms with van der Waals surface area (Å²) in [6, 6.07) is 11.1. The van der Waals surface area contributed by atoms with E-state index in [0.29, 0.717) is 5.69 Å². The number of para-hydroxylation sites is 2. The Morgan fingerprint density at radius 3 is 2.68 bits per heavy atom. The molecule has 0 aliphatic carbocycles. The van der Waals surface area contributed by atoms with Crippen molar-refractivity contribution in [2.24, 2.45) is 0 Å². The van der Waals surface area contributed by atoms with Gasteiger partial charge in [-0.05, 0) is 44.0 Å². The van der Waals surface area contributed by atoms with Gasteiger partial charge in [0.25, 0.3) is 5.91 Å². The first-order chi connectivity index (χ1) is 12.2. The maximum atomic E-state index is 12.4. The van der Waals surface area contributed by atoms with Gasteiger partial charge >= 0.3 is 0 Å². The van der Waals surface area contributed by atoms with Gasteiger partial charge in [-0.3, -0.25) is 4.79 Å². The van der Waals surface area contributed by atoms with E-state index in [-0.39, 0.29) is 11.9 Å². The Morgan fingerprint density at radius 2 is 1.96 bits per heavy atom. The van der Waals surface area contributed by atoms with Crippen LogP contribution in [0.4, 0.5) is 5.82 Å². The van der Waals surface area contributed by atoms with Crippen LogP contribution >= 0.6 is 0 Å². The SMILES string of the molecule is C[C@@H](NC(=O)c1ccc(N2CCCC2)nn1)c1nc2ccccc2[nH]1. The summed E-state index contributed by atoms with van der Waals surface area (Å²) in [7, 11) is 0. The van der Waals surface area contributed by atoms with Crippen LogP contribution in [0.25, 0.3) is 11.0 Å². The molecule has 0 saturated carbocycles. The van der Waals surface area contributed by atoms with E-state index in [2.05, 4.69) is 30.4 Å². The minimum Gasteiger partial charge on any atom is -0.355 e. The molecule has 2 N–H and O–H groups in total. The van der Waals surface area contributed by atoms with Crippen LogP contribution in [-0.2, 0) is 0 Å². The van der Waals surface area contributed by atoms with Crippen LogP contribution in [0, 0.1) is 0 Å². The molecule has 1 fully saturated rings. The summed E-state index contributed by atoms with van der Waals surface area (Å²) in [6.07, 6.45) is 2.36. The van der Waals surface area contributed by atoms with Gasteiger partial charge in [0.05, 0.1) is 17.1 Å². The fourth-order valence-corrected chi connectivity index (χ4v) is 3.08. The molecule has 1 aliphatic rings. The van der Waals surface area contributed by atoms with Gasteiger partial charge in [0, 0.05) is 13.1 Å². The van der Waals surface area contributed by atoms with Crippen molar-refractivity contribution in [1.29, 1.82) is 0 Å². The zero-order valence-corrected chi connectivity index (χ0v) is 14.1. The Bertz CT molecular complexity index is 849. The Kier molecular flexibility index (Phi) is 4.05. The second-order valence-electron chi connectivity index (χ2n) is 6.31. The van der Waals surface area contributed by atoms with Gasteiger partial charge < -0.3 is 15.2 Å². The third-order valence-electron chi connectivity index (χ3n) is 4.48. The van der Waals surface area contributed by atoms with Crippen molar-refractivity contribution in [2.75, 3.05) is 18.0 Å². The van der Waals surface area contributed by atoms with E-state index in [1.54, 1.807) is 6.07 Å². The molecule has 25 heavy (non-hydrogen) atoms. The normalized spacial score (nSPS) is 15.5. The molecular weight excluding hydrogens is 316 g/mol. The van der Waals surface area contributed by atoms with Gasteiger partial charge in [0.1, 0.15) is 5.82 Å². The number of hydrogen-bond acceptors (Lipinski definition) is 5. The Hall–Kier alpha value is -2.96. The molecule has 0 radical (unpaired) electrons. The van der Waals surface area contributed by atoms with Gasteiger partial charge in [-0.25, -0.2) is 4.98 Å². The van der Waals surface area contributed by atoms with Gasteiger partial charge in [-0.1, -0.05) is 12.1 Å². The number of nitrogens with one attached hydrogen (secondary N) is 2. The van der Waals surface area contributed by atoms with Crippen molar-refractivity contribution in [3.8, 4) is 0 Å². The largest absolute Gasteiger partial charge is 0.355 e. The van der Waals surface area contributed by atoms with Gasteiger partial charge in [-0.15, -0.1) is 10.2 Å². The smallest absolute Gasteiger partial charge is 0.272 e. The fraction of sp³-hybridized carbons (Fsp3) is 0.333. The number of imidazole rings is 1. The number of nitrogens with zero attached hydrogens (tertiary/aromatic N) is 4. The summed E-state index contributed by atoms with van der Waals surface area (Å²) in [5, 5.41) is 11.2. The summed E-state index contributed by atoms with van der Waals surface area (Å²) in [4.78, 5) is 22.3. The molecule has 3 heterocycles. The van der Waals surface area contributed by atoms with Crippen LogP contribution in [0.3, 0.4) is 0 Å². The van der Waals surface area contributed by atoms with Gasteiger partial charge in [-0.2, -0.15) is 0 Å². The fourth-order valence-electron chi connectivity index (χ4n) is 3.08. The van der Waals surface area contributed by atoms with Crippen molar-refractivity contribution >= 4 is 22.8 Å². The zero-order valence-electron chi connectivity index (χ0n) is 14.1. The van der Waals surface area contributed by atoms with Crippen LogP contribution in [0.2, 0.25) is 0 Å². The van der Waals surface area contributed by atoms with Crippen molar-refractivity contribution in [3.63, 3.8) is 0 Å². The number of rotatable bonds is 4. The zero-order chi connectivity index (χ0) is 17.2. The summed E-state index contributed by atoms with van der Waals surface area (Å²) in [5.41, 5.74) is 2.15. The Balaban J connectivity index is 1.45. The predicted molar refractivity (Wildman–Crippen MR) is 95.5 cm³/mol. The van der Waals surface area contributed by atoms with Gasteiger partial charge in [0.15, 0.2) is 11.5 Å². The topological polar surface area (TPSA) is 86.8 Å². The molecule has 1 saturated heterocycles. The highest BCUT2D eigenvalue weighted by molar-refractivity contribution is 5.92. The summed E-state index contributed by atoms with van der Waals surface area (Å²) in [5.74, 6) is 1.30. The van der Waals surface area contributed by atoms with Crippen LogP contribution in [0.5, 0.6) is 0 Å². The van der Waals surface area contributed by atoms with Crippen LogP contribution in [0.15, 0.2) is 36.4 Å². The maximum Gasteiger partial charge on any atom is 0.272 e. The van der Waals surface area contributed by atoms with E-state index >= 15 is 0 Å². The van der Waals surface area contributed by atoms with Crippen molar-refractivity contribution < 1.29 is 4.79 Å². The lowest BCUT2D eigenvalue weighted by Crippen LogP contribution is -2.28. The number of benzene rings is 1. The minimum absolute atomic E-state index is 0.250. The molecule has 2 aromatic heterocycles. The number of carbonyl (C=O) groups is 1. The lowest BCUT2D eigenvalue weighted by Gasteiger charge is -2.15. The summed E-state index contributed by atoms with van der Waals surface area (Å²) >= 11 is 0. The lowest BCUT2D eigenvalue weighted by atomic mass is 10.3. The first kappa shape index (κ1) is 15.6. The second-order valence-corrected chi connectivity index (χ2v) is 6.31. The van der Waals surface area contributed by atoms with Crippen molar-refractivity contribution in [3.05, 3.63) is 47.9 Å². The molecule has 0 unspecified atom stereocenters. The molecule has 128 valence electrons. The van der Waals surface area contributed by atoms with E-state index in [4.69, 9.17) is 0 Å². The maximum absolute atomic E-state index is 12.4. The number of hydrogen-bond donors (Lipinski definition) is 2. The van der Waals surface area contributed by atoms with Crippen molar-refractivity contribution in [2.45, 2.75) is 25.8 Å². The molecule has 7 heteroatoms. The van der Waals surface area contributed by atoms with Crippen LogP contribution in [-0.4, -0.2) is 39.2 Å². The second kappa shape index (κ2) is 6.51. The third kappa shape index (κ3) is 3.17. The summed E-state index contributed by atoms with van der Waals surface area (Å²) in [6.45, 7) is 3.90. The number of carbonyl (C=O) groups excluding carboxylic acids is 1. The molecule has 7 nitrogen and oxygen atoms in total. The highest BCUT2D eigenvalue weighted by Gasteiger charge is 2.18. The summed E-state index contributed by atoms with van der Waals surface area (Å²) < 4.78 is 0. The standard InChI is InChI=1S/C18H20N6O/c1-12(17-20-13-6-2-3-7-14(13)21-17)19-18(25)15-8-9-16(23-22-15)24-10-4-5-11-24/h2-3,6-9,12H,4-5,10-11H2,1H3,(H,19,25)(H,20,21)/t12-/m1/s1. The monoisotopic (exact) mass is 336 g/mol. The van der Waals surface area contributed by atoms with Crippen molar-refractivity contribution in [1.82, 2.24) is 25.5 Å². The molecule has 4 rings (SSSR count). The first-order valence-electron chi connectivity index (χ1n) is 8.55. The highest BCUT2D eigenvalue weighted by Crippen LogP contribution is 2.18. The average molecular weight is 336 g/mol. The van der Waals surface area contributed by atoms with E-state index in [1.165, 1.54) is 12.8 Å². The highest BCUT2D eigenvalue weighted by atomic mass is 16.2. The quantitative estimate of drug-likeness (QED) is 0.764. The Labute approximate surface area is 145 Å². The molecular formula is C18H20N6O. The molecule has 0 spiro atoms. The third-order valence-corrected chi connectivity index (χ3v) is 4.48. The van der Waals surface area contributed by atoms with E-state index in [9.17, 15) is 4.79 Å². The number of aromatic amines is 1. The first-order valence-corrected chi connectivity index (χ1v) is 8.55. The molecule has 1 aliphatic heterocycles. The van der Waals surface area contributed by atoms with E-state index in [0.717, 1.165) is 35.8 Å². The van der Waals surface area contributed by atoms with E-state index in [1.807, 2.05) is 37.3 Å². The molecule has 1 aromatic carbocycles. The molecule has 3 aromatic rings. The van der Waals surface area contributed by atoms with Gasteiger partial charge in [0.2, 0.25) is 0 Å². The number of aromatic nitrogens is 4. The average Bonchev–Trinajstić information content (AvgIpc) is 3.31. The Morgan fingerprint density at radius 1 is 1.16 bits per heavy atom. The van der Waals surface area contributed by atoms with Crippen LogP contribution < -0.4 is 10.2 Å². The predicted octanol–water partition coefficient (Wildman–Crippen LogP) is 2.44. The van der Waals surface area contributed by atoms with Crippen LogP contribution in [0.1, 0.15) is 42.1 Å². The number of fused-ring (bicyclic) bond motifs is 1. The number of H-pyrrole nitrogens is 1. The minimum atomic E-state index is -0.256. The lowest BCUT2D eigenvalue weighted by molar-refractivity contribution is 0.0932.